The zero-order chi connectivity index (χ0) is 15.4. The lowest BCUT2D eigenvalue weighted by Gasteiger charge is -2.34. The topological polar surface area (TPSA) is 74.5 Å². The van der Waals surface area contributed by atoms with E-state index in [1.165, 1.54) is 0 Å². The van der Waals surface area contributed by atoms with Crippen molar-refractivity contribution in [2.45, 2.75) is 0 Å². The number of hydrogen-bond acceptors (Lipinski definition) is 5. The average Bonchev–Trinajstić information content (AvgIpc) is 3.10. The van der Waals surface area contributed by atoms with Crippen molar-refractivity contribution in [1.82, 2.24) is 24.6 Å². The molecule has 0 radical (unpaired) electrons. The molecule has 0 unspecified atom stereocenters. The van der Waals surface area contributed by atoms with Gasteiger partial charge in [0.05, 0.1) is 12.3 Å². The number of rotatable bonds is 4. The number of carbonyl (C=O) groups is 1. The fourth-order valence-electron chi connectivity index (χ4n) is 2.58. The minimum Gasteiger partial charge on any atom is -0.395 e. The van der Waals surface area contributed by atoms with Crippen molar-refractivity contribution in [1.29, 1.82) is 0 Å². The Morgan fingerprint density at radius 2 is 2.05 bits per heavy atom. The van der Waals surface area contributed by atoms with E-state index in [2.05, 4.69) is 15.0 Å². The minimum atomic E-state index is -0.0577. The summed E-state index contributed by atoms with van der Waals surface area (Å²) in [4.78, 5) is 20.7. The Morgan fingerprint density at radius 3 is 2.73 bits per heavy atom. The van der Waals surface area contributed by atoms with Crippen molar-refractivity contribution < 1.29 is 9.90 Å². The second-order valence-corrected chi connectivity index (χ2v) is 5.21. The third-order valence-electron chi connectivity index (χ3n) is 3.81. The highest BCUT2D eigenvalue weighted by Gasteiger charge is 2.22. The number of aromatic nitrogens is 3. The smallest absolute Gasteiger partial charge is 0.272 e. The third kappa shape index (κ3) is 3.15. The molecule has 2 aromatic heterocycles. The molecule has 7 heteroatoms. The maximum absolute atomic E-state index is 12.6. The van der Waals surface area contributed by atoms with Crippen molar-refractivity contribution in [3.8, 4) is 5.69 Å². The van der Waals surface area contributed by atoms with E-state index in [-0.39, 0.29) is 12.5 Å². The first kappa shape index (κ1) is 14.7. The number of amides is 1. The van der Waals surface area contributed by atoms with Crippen LogP contribution in [-0.2, 0) is 0 Å². The van der Waals surface area contributed by atoms with Gasteiger partial charge in [-0.2, -0.15) is 5.10 Å². The molecule has 0 aromatic carbocycles. The summed E-state index contributed by atoms with van der Waals surface area (Å²) in [5, 5.41) is 13.1. The monoisotopic (exact) mass is 301 g/mol. The van der Waals surface area contributed by atoms with Crippen LogP contribution in [0.5, 0.6) is 0 Å². The van der Waals surface area contributed by atoms with E-state index in [1.54, 1.807) is 23.1 Å². The van der Waals surface area contributed by atoms with E-state index < -0.39 is 0 Å². The van der Waals surface area contributed by atoms with Gasteiger partial charge < -0.3 is 10.0 Å². The van der Waals surface area contributed by atoms with Crippen molar-refractivity contribution in [3.63, 3.8) is 0 Å². The third-order valence-corrected chi connectivity index (χ3v) is 3.81. The maximum atomic E-state index is 12.6. The van der Waals surface area contributed by atoms with E-state index in [0.717, 1.165) is 18.8 Å². The van der Waals surface area contributed by atoms with Crippen LogP contribution >= 0.6 is 0 Å². The van der Waals surface area contributed by atoms with Gasteiger partial charge in [0.25, 0.3) is 5.91 Å². The van der Waals surface area contributed by atoms with Crippen LogP contribution in [0.15, 0.2) is 36.8 Å². The zero-order valence-corrected chi connectivity index (χ0v) is 12.3. The van der Waals surface area contributed by atoms with Crippen molar-refractivity contribution in [3.05, 3.63) is 42.5 Å². The van der Waals surface area contributed by atoms with E-state index in [1.807, 2.05) is 23.2 Å². The van der Waals surface area contributed by atoms with Crippen LogP contribution in [0, 0.1) is 0 Å². The minimum absolute atomic E-state index is 0.0577. The van der Waals surface area contributed by atoms with Crippen LogP contribution in [-0.4, -0.2) is 74.9 Å². The van der Waals surface area contributed by atoms with Gasteiger partial charge in [-0.3, -0.25) is 14.7 Å². The summed E-state index contributed by atoms with van der Waals surface area (Å²) in [5.41, 5.74) is 1.26. The Labute approximate surface area is 128 Å². The summed E-state index contributed by atoms with van der Waals surface area (Å²) < 4.78 is 1.71. The highest BCUT2D eigenvalue weighted by atomic mass is 16.3. The van der Waals surface area contributed by atoms with Gasteiger partial charge in [-0.05, 0) is 18.2 Å². The Bertz CT molecular complexity index is 621. The number of carbonyl (C=O) groups excluding carboxylic acids is 1. The first-order valence-electron chi connectivity index (χ1n) is 7.36. The van der Waals surface area contributed by atoms with Crippen molar-refractivity contribution in [2.75, 3.05) is 39.3 Å². The summed E-state index contributed by atoms with van der Waals surface area (Å²) >= 11 is 0. The van der Waals surface area contributed by atoms with Gasteiger partial charge in [0.2, 0.25) is 0 Å². The Morgan fingerprint density at radius 1 is 1.23 bits per heavy atom. The van der Waals surface area contributed by atoms with Crippen LogP contribution in [0.2, 0.25) is 0 Å². The summed E-state index contributed by atoms with van der Waals surface area (Å²) in [6.45, 7) is 3.70. The number of hydrogen-bond donors (Lipinski definition) is 1. The largest absolute Gasteiger partial charge is 0.395 e. The molecule has 7 nitrogen and oxygen atoms in total. The summed E-state index contributed by atoms with van der Waals surface area (Å²) in [6, 6.07) is 5.42. The van der Waals surface area contributed by atoms with Crippen LogP contribution in [0.3, 0.4) is 0 Å². The van der Waals surface area contributed by atoms with Gasteiger partial charge in [0, 0.05) is 51.3 Å². The molecule has 0 spiro atoms. The van der Waals surface area contributed by atoms with E-state index in [4.69, 9.17) is 5.11 Å². The van der Waals surface area contributed by atoms with Gasteiger partial charge in [0.1, 0.15) is 5.69 Å². The van der Waals surface area contributed by atoms with Crippen molar-refractivity contribution >= 4 is 5.91 Å². The maximum Gasteiger partial charge on any atom is 0.272 e. The first-order chi connectivity index (χ1) is 10.8. The SMILES string of the molecule is O=C(c1cc(-n2cccn2)ccn1)N1CCN(CCO)CC1. The van der Waals surface area contributed by atoms with Gasteiger partial charge >= 0.3 is 0 Å². The standard InChI is InChI=1S/C15H19N5O2/c21-11-10-18-6-8-19(9-7-18)15(22)14-12-13(2-4-16-14)20-5-1-3-17-20/h1-5,12,21H,6-11H2. The van der Waals surface area contributed by atoms with E-state index >= 15 is 0 Å². The number of pyridine rings is 1. The molecule has 0 bridgehead atoms. The first-order valence-corrected chi connectivity index (χ1v) is 7.36. The molecule has 1 amide bonds. The molecular weight excluding hydrogens is 282 g/mol. The molecule has 22 heavy (non-hydrogen) atoms. The van der Waals surface area contributed by atoms with Crippen LogP contribution in [0.4, 0.5) is 0 Å². The second kappa shape index (κ2) is 6.67. The molecule has 1 saturated heterocycles. The molecule has 0 saturated carbocycles. The Hall–Kier alpha value is -2.25. The van der Waals surface area contributed by atoms with Gasteiger partial charge in [0.15, 0.2) is 0 Å². The summed E-state index contributed by atoms with van der Waals surface area (Å²) in [7, 11) is 0. The van der Waals surface area contributed by atoms with Gasteiger partial charge in [-0.25, -0.2) is 4.68 Å². The molecular formula is C15H19N5O2. The van der Waals surface area contributed by atoms with E-state index in [9.17, 15) is 4.79 Å². The van der Waals surface area contributed by atoms with Gasteiger partial charge in [-0.1, -0.05) is 0 Å². The average molecular weight is 301 g/mol. The number of nitrogens with zero attached hydrogens (tertiary/aromatic N) is 5. The Kier molecular flexibility index (Phi) is 4.45. The molecule has 1 N–H and O–H groups in total. The molecule has 0 atom stereocenters. The number of β-amino-alcohol motifs (C(OH)–C–C–N with tert-alkyl or cyclic N) is 1. The quantitative estimate of drug-likeness (QED) is 0.861. The predicted octanol–water partition coefficient (Wildman–Crippen LogP) is 0.0174. The predicted molar refractivity (Wildman–Crippen MR) is 80.8 cm³/mol. The zero-order valence-electron chi connectivity index (χ0n) is 12.3. The second-order valence-electron chi connectivity index (χ2n) is 5.21. The molecule has 1 aliphatic rings. The van der Waals surface area contributed by atoms with Gasteiger partial charge in [-0.15, -0.1) is 0 Å². The fourth-order valence-corrected chi connectivity index (χ4v) is 2.58. The lowest BCUT2D eigenvalue weighted by atomic mass is 10.2. The normalized spacial score (nSPS) is 16.0. The summed E-state index contributed by atoms with van der Waals surface area (Å²) in [6.07, 6.45) is 5.16. The molecule has 3 heterocycles. The van der Waals surface area contributed by atoms with Crippen molar-refractivity contribution in [2.24, 2.45) is 0 Å². The molecule has 3 rings (SSSR count). The number of aliphatic hydroxyl groups is 1. The lowest BCUT2D eigenvalue weighted by Crippen LogP contribution is -2.49. The van der Waals surface area contributed by atoms with Crippen LogP contribution in [0.25, 0.3) is 5.69 Å². The molecule has 0 aliphatic carbocycles. The number of aliphatic hydroxyl groups excluding tert-OH is 1. The molecule has 2 aromatic rings. The highest BCUT2D eigenvalue weighted by molar-refractivity contribution is 5.92. The summed E-state index contributed by atoms with van der Waals surface area (Å²) in [5.74, 6) is -0.0577. The molecule has 116 valence electrons. The Balaban J connectivity index is 1.69. The van der Waals surface area contributed by atoms with Crippen LogP contribution in [0.1, 0.15) is 10.5 Å². The fraction of sp³-hybridized carbons (Fsp3) is 0.400. The molecule has 1 aliphatic heterocycles. The highest BCUT2D eigenvalue weighted by Crippen LogP contribution is 2.11. The van der Waals surface area contributed by atoms with Crippen LogP contribution < -0.4 is 0 Å². The lowest BCUT2D eigenvalue weighted by molar-refractivity contribution is 0.0609. The number of piperazine rings is 1. The van der Waals surface area contributed by atoms with E-state index in [0.29, 0.717) is 25.3 Å². The molecule has 1 fully saturated rings.